The van der Waals surface area contributed by atoms with Gasteiger partial charge in [0.05, 0.1) is 13.2 Å². The Morgan fingerprint density at radius 3 is 2.64 bits per heavy atom. The molecule has 132 valence electrons. The third-order valence-electron chi connectivity index (χ3n) is 4.41. The number of amides is 1. The van der Waals surface area contributed by atoms with E-state index in [1.54, 1.807) is 25.5 Å². The van der Waals surface area contributed by atoms with Crippen molar-refractivity contribution in [1.82, 2.24) is 4.90 Å². The summed E-state index contributed by atoms with van der Waals surface area (Å²) in [6.45, 7) is 1.64. The van der Waals surface area contributed by atoms with Gasteiger partial charge in [-0.1, -0.05) is 18.2 Å². The second-order valence-electron chi connectivity index (χ2n) is 6.09. The van der Waals surface area contributed by atoms with Gasteiger partial charge in [0, 0.05) is 40.7 Å². The fourth-order valence-corrected chi connectivity index (χ4v) is 3.43. The maximum Gasteiger partial charge on any atom is 0.241 e. The van der Waals surface area contributed by atoms with Gasteiger partial charge in [0.1, 0.15) is 5.75 Å². The molecule has 1 N–H and O–H groups in total. The van der Waals surface area contributed by atoms with Crippen molar-refractivity contribution < 1.29 is 13.7 Å². The Morgan fingerprint density at radius 2 is 2.04 bits per heavy atom. The normalized spacial score (nSPS) is 18.2. The maximum atomic E-state index is 12.5. The van der Waals surface area contributed by atoms with Crippen LogP contribution in [-0.2, 0) is 22.1 Å². The van der Waals surface area contributed by atoms with Crippen LogP contribution in [0.2, 0.25) is 0 Å². The Bertz CT molecular complexity index is 776. The van der Waals surface area contributed by atoms with Gasteiger partial charge < -0.3 is 10.1 Å². The smallest absolute Gasteiger partial charge is 0.241 e. The van der Waals surface area contributed by atoms with Crippen LogP contribution in [0, 0.1) is 0 Å². The van der Waals surface area contributed by atoms with Crippen LogP contribution >= 0.6 is 0 Å². The molecule has 1 amide bonds. The molecule has 3 rings (SSSR count). The van der Waals surface area contributed by atoms with Gasteiger partial charge in [-0.2, -0.15) is 0 Å². The number of nitrogens with zero attached hydrogens (tertiary/aromatic N) is 1. The minimum Gasteiger partial charge on any atom is -0.497 e. The highest BCUT2D eigenvalue weighted by Crippen LogP contribution is 2.23. The second-order valence-corrected chi connectivity index (χ2v) is 7.47. The monoisotopic (exact) mass is 358 g/mol. The first-order valence-corrected chi connectivity index (χ1v) is 9.74. The number of nitrogens with one attached hydrogen (secondary N) is 1. The zero-order valence-corrected chi connectivity index (χ0v) is 15.2. The minimum absolute atomic E-state index is 0.0150. The van der Waals surface area contributed by atoms with Gasteiger partial charge >= 0.3 is 0 Å². The van der Waals surface area contributed by atoms with Gasteiger partial charge in [-0.25, -0.2) is 0 Å². The molecule has 1 fully saturated rings. The average molecular weight is 358 g/mol. The van der Waals surface area contributed by atoms with Crippen molar-refractivity contribution in [3.63, 3.8) is 0 Å². The molecule has 6 heteroatoms. The summed E-state index contributed by atoms with van der Waals surface area (Å²) in [7, 11) is 0.586. The zero-order chi connectivity index (χ0) is 17.8. The van der Waals surface area contributed by atoms with Gasteiger partial charge in [0.25, 0.3) is 0 Å². The molecule has 25 heavy (non-hydrogen) atoms. The Morgan fingerprint density at radius 1 is 1.28 bits per heavy atom. The van der Waals surface area contributed by atoms with Crippen LogP contribution in [0.1, 0.15) is 12.0 Å². The summed E-state index contributed by atoms with van der Waals surface area (Å²) in [5.41, 5.74) is 1.84. The predicted molar refractivity (Wildman–Crippen MR) is 99.2 cm³/mol. The van der Waals surface area contributed by atoms with Crippen molar-refractivity contribution in [3.8, 4) is 5.75 Å². The Kier molecular flexibility index (Phi) is 5.50. The molecule has 2 aromatic rings. The molecule has 5 nitrogen and oxygen atoms in total. The lowest BCUT2D eigenvalue weighted by Crippen LogP contribution is -2.53. The van der Waals surface area contributed by atoms with E-state index in [0.717, 1.165) is 30.8 Å². The third-order valence-corrected chi connectivity index (χ3v) is 5.33. The number of ether oxygens (including phenoxy) is 1. The number of carbonyl (C=O) groups is 1. The van der Waals surface area contributed by atoms with Crippen LogP contribution in [0.25, 0.3) is 0 Å². The van der Waals surface area contributed by atoms with Crippen LogP contribution in [0.3, 0.4) is 0 Å². The number of likely N-dealkylation sites (tertiary alicyclic amines) is 1. The van der Waals surface area contributed by atoms with E-state index < -0.39 is 10.8 Å². The van der Waals surface area contributed by atoms with E-state index in [4.69, 9.17) is 4.74 Å². The van der Waals surface area contributed by atoms with Crippen LogP contribution in [0.5, 0.6) is 5.75 Å². The van der Waals surface area contributed by atoms with Crippen molar-refractivity contribution in [2.75, 3.05) is 25.2 Å². The van der Waals surface area contributed by atoms with Crippen LogP contribution in [-0.4, -0.2) is 41.0 Å². The molecule has 1 aliphatic rings. The molecule has 2 atom stereocenters. The zero-order valence-electron chi connectivity index (χ0n) is 14.4. The summed E-state index contributed by atoms with van der Waals surface area (Å²) < 4.78 is 16.7. The highest BCUT2D eigenvalue weighted by atomic mass is 32.2. The highest BCUT2D eigenvalue weighted by molar-refractivity contribution is 7.84. The molecular formula is C19H22N2O3S. The topological polar surface area (TPSA) is 58.6 Å². The van der Waals surface area contributed by atoms with Crippen molar-refractivity contribution >= 4 is 22.4 Å². The standard InChI is InChI=1S/C19H22N2O3S/c1-24-16-8-6-14(7-9-16)13-21-11-10-18(21)19(22)20-15-4-3-5-17(12-15)25(2)23/h3-9,12,18H,10-11,13H2,1-2H3,(H,20,22). The molecule has 1 aliphatic heterocycles. The number of carbonyl (C=O) groups excluding carboxylic acids is 1. The lowest BCUT2D eigenvalue weighted by atomic mass is 10.0. The molecule has 0 radical (unpaired) electrons. The Hall–Kier alpha value is -2.18. The SMILES string of the molecule is COc1ccc(CN2CCC2C(=O)Nc2cccc(S(C)=O)c2)cc1. The van der Waals surface area contributed by atoms with E-state index in [0.29, 0.717) is 10.6 Å². The van der Waals surface area contributed by atoms with Crippen LogP contribution in [0.4, 0.5) is 5.69 Å². The predicted octanol–water partition coefficient (Wildman–Crippen LogP) is 2.65. The number of hydrogen-bond donors (Lipinski definition) is 1. The first kappa shape index (κ1) is 17.6. The van der Waals surface area contributed by atoms with Gasteiger partial charge in [0.2, 0.25) is 5.91 Å². The number of methoxy groups -OCH3 is 1. The second kappa shape index (κ2) is 7.80. The van der Waals surface area contributed by atoms with Crippen molar-refractivity contribution in [1.29, 1.82) is 0 Å². The van der Waals surface area contributed by atoms with E-state index in [-0.39, 0.29) is 11.9 Å². The molecule has 0 aliphatic carbocycles. The van der Waals surface area contributed by atoms with Gasteiger partial charge in [0.15, 0.2) is 0 Å². The van der Waals surface area contributed by atoms with Crippen molar-refractivity contribution in [3.05, 3.63) is 54.1 Å². The van der Waals surface area contributed by atoms with E-state index in [1.807, 2.05) is 36.4 Å². The molecule has 1 saturated heterocycles. The highest BCUT2D eigenvalue weighted by Gasteiger charge is 2.33. The van der Waals surface area contributed by atoms with Gasteiger partial charge in [-0.3, -0.25) is 13.9 Å². The van der Waals surface area contributed by atoms with Gasteiger partial charge in [-0.15, -0.1) is 0 Å². The molecule has 2 aromatic carbocycles. The summed E-state index contributed by atoms with van der Waals surface area (Å²) >= 11 is 0. The molecule has 0 bridgehead atoms. The molecule has 2 unspecified atom stereocenters. The van der Waals surface area contributed by atoms with E-state index in [9.17, 15) is 9.00 Å². The fraction of sp³-hybridized carbons (Fsp3) is 0.316. The minimum atomic E-state index is -1.06. The van der Waals surface area contributed by atoms with Crippen LogP contribution < -0.4 is 10.1 Å². The fourth-order valence-electron chi connectivity index (χ4n) is 2.87. The van der Waals surface area contributed by atoms with Gasteiger partial charge in [-0.05, 0) is 42.3 Å². The Labute approximate surface area is 150 Å². The van der Waals surface area contributed by atoms with Crippen molar-refractivity contribution in [2.24, 2.45) is 0 Å². The number of rotatable bonds is 6. The summed E-state index contributed by atoms with van der Waals surface area (Å²) in [6.07, 6.45) is 2.48. The van der Waals surface area contributed by atoms with E-state index >= 15 is 0 Å². The number of anilines is 1. The first-order valence-electron chi connectivity index (χ1n) is 8.18. The average Bonchev–Trinajstić information content (AvgIpc) is 2.59. The first-order chi connectivity index (χ1) is 12.1. The molecule has 1 heterocycles. The number of hydrogen-bond acceptors (Lipinski definition) is 4. The summed E-state index contributed by atoms with van der Waals surface area (Å²) in [4.78, 5) is 15.4. The summed E-state index contributed by atoms with van der Waals surface area (Å²) in [5.74, 6) is 0.814. The molecule has 0 spiro atoms. The van der Waals surface area contributed by atoms with Crippen LogP contribution in [0.15, 0.2) is 53.4 Å². The lowest BCUT2D eigenvalue weighted by molar-refractivity contribution is -0.125. The Balaban J connectivity index is 1.60. The quantitative estimate of drug-likeness (QED) is 0.862. The molecule has 0 aromatic heterocycles. The maximum absolute atomic E-state index is 12.5. The summed E-state index contributed by atoms with van der Waals surface area (Å²) in [6, 6.07) is 15.0. The van der Waals surface area contributed by atoms with E-state index in [1.165, 1.54) is 0 Å². The van der Waals surface area contributed by atoms with E-state index in [2.05, 4.69) is 10.2 Å². The summed E-state index contributed by atoms with van der Waals surface area (Å²) in [5, 5.41) is 2.94. The molecular weight excluding hydrogens is 336 g/mol. The lowest BCUT2D eigenvalue weighted by Gasteiger charge is -2.39. The third kappa shape index (κ3) is 4.27. The number of benzene rings is 2. The largest absolute Gasteiger partial charge is 0.497 e. The molecule has 0 saturated carbocycles. The van der Waals surface area contributed by atoms with Crippen molar-refractivity contribution in [2.45, 2.75) is 23.9 Å².